The van der Waals surface area contributed by atoms with E-state index in [9.17, 15) is 0 Å². The van der Waals surface area contributed by atoms with Crippen molar-refractivity contribution in [3.63, 3.8) is 0 Å². The molecule has 5 heteroatoms. The van der Waals surface area contributed by atoms with E-state index in [0.29, 0.717) is 0 Å². The second-order valence-corrected chi connectivity index (χ2v) is 6.08. The molecule has 1 fully saturated rings. The van der Waals surface area contributed by atoms with Gasteiger partial charge in [-0.05, 0) is 24.1 Å². The second kappa shape index (κ2) is 6.84. The van der Waals surface area contributed by atoms with Crippen molar-refractivity contribution < 1.29 is 4.74 Å². The molecule has 122 valence electrons. The molecule has 4 rings (SSSR count). The van der Waals surface area contributed by atoms with Gasteiger partial charge in [0.05, 0.1) is 11.9 Å². The van der Waals surface area contributed by atoms with Crippen molar-refractivity contribution in [2.24, 2.45) is 0 Å². The lowest BCUT2D eigenvalue weighted by molar-refractivity contribution is 0.198. The van der Waals surface area contributed by atoms with E-state index in [1.807, 2.05) is 36.5 Å². The van der Waals surface area contributed by atoms with Crippen LogP contribution in [0.25, 0.3) is 11.3 Å². The Morgan fingerprint density at radius 3 is 2.79 bits per heavy atom. The summed E-state index contributed by atoms with van der Waals surface area (Å²) >= 11 is 0. The second-order valence-electron chi connectivity index (χ2n) is 6.08. The first-order valence-electron chi connectivity index (χ1n) is 8.25. The summed E-state index contributed by atoms with van der Waals surface area (Å²) in [5.74, 6) is 0.894. The predicted molar refractivity (Wildman–Crippen MR) is 92.6 cm³/mol. The number of hydrogen-bond acceptors (Lipinski definition) is 4. The van der Waals surface area contributed by atoms with Gasteiger partial charge in [0.25, 0.3) is 0 Å². The van der Waals surface area contributed by atoms with E-state index in [0.717, 1.165) is 37.5 Å². The first kappa shape index (κ1) is 14.9. The summed E-state index contributed by atoms with van der Waals surface area (Å²) in [7, 11) is 0. The molecule has 1 aliphatic rings. The maximum absolute atomic E-state index is 6.03. The number of nitrogens with one attached hydrogen (secondary N) is 1. The Morgan fingerprint density at radius 2 is 1.96 bits per heavy atom. The molecule has 0 amide bonds. The molecule has 3 aromatic rings. The van der Waals surface area contributed by atoms with Crippen LogP contribution in [0, 0.1) is 0 Å². The summed E-state index contributed by atoms with van der Waals surface area (Å²) in [6.45, 7) is 2.85. The van der Waals surface area contributed by atoms with Crippen LogP contribution >= 0.6 is 0 Å². The zero-order valence-electron chi connectivity index (χ0n) is 13.4. The number of likely N-dealkylation sites (tertiary alicyclic amines) is 1. The average Bonchev–Trinajstić information content (AvgIpc) is 3.27. The number of pyridine rings is 1. The first-order valence-corrected chi connectivity index (χ1v) is 8.25. The van der Waals surface area contributed by atoms with E-state index in [-0.39, 0.29) is 6.10 Å². The highest BCUT2D eigenvalue weighted by Gasteiger charge is 2.25. The molecule has 0 radical (unpaired) electrons. The normalized spacial score (nSPS) is 17.9. The van der Waals surface area contributed by atoms with E-state index in [1.165, 1.54) is 11.1 Å². The Bertz CT molecular complexity index is 772. The smallest absolute Gasteiger partial charge is 0.122 e. The zero-order valence-corrected chi connectivity index (χ0v) is 13.4. The van der Waals surface area contributed by atoms with Gasteiger partial charge in [0.15, 0.2) is 0 Å². The monoisotopic (exact) mass is 320 g/mol. The van der Waals surface area contributed by atoms with E-state index >= 15 is 0 Å². The lowest BCUT2D eigenvalue weighted by Crippen LogP contribution is -2.24. The van der Waals surface area contributed by atoms with Crippen LogP contribution in [0.2, 0.25) is 0 Å². The fraction of sp³-hybridized carbons (Fsp3) is 0.263. The Morgan fingerprint density at radius 1 is 1.12 bits per heavy atom. The molecule has 2 aromatic heterocycles. The Labute approximate surface area is 141 Å². The first-order chi connectivity index (χ1) is 11.9. The molecular weight excluding hydrogens is 300 g/mol. The lowest BCUT2D eigenvalue weighted by atomic mass is 10.1. The molecule has 1 saturated heterocycles. The van der Waals surface area contributed by atoms with Gasteiger partial charge in [-0.3, -0.25) is 15.0 Å². The van der Waals surface area contributed by atoms with Gasteiger partial charge in [-0.1, -0.05) is 30.3 Å². The van der Waals surface area contributed by atoms with E-state index < -0.39 is 0 Å². The standard InChI is InChI=1S/C19H20N4O/c1-2-4-15(5-3-1)19-16(12-21-22-19)13-23-11-8-18(14-23)24-17-6-9-20-10-7-17/h1-7,9-10,12,18H,8,11,13-14H2,(H,21,22)/t18-/m1/s1. The summed E-state index contributed by atoms with van der Waals surface area (Å²) in [6, 6.07) is 14.2. The van der Waals surface area contributed by atoms with Crippen LogP contribution in [0.4, 0.5) is 0 Å². The van der Waals surface area contributed by atoms with Crippen molar-refractivity contribution in [2.45, 2.75) is 19.1 Å². The number of rotatable bonds is 5. The van der Waals surface area contributed by atoms with Crippen molar-refractivity contribution in [1.82, 2.24) is 20.1 Å². The van der Waals surface area contributed by atoms with E-state index in [1.54, 1.807) is 12.4 Å². The fourth-order valence-electron chi connectivity index (χ4n) is 3.17. The van der Waals surface area contributed by atoms with Crippen LogP contribution in [0.3, 0.4) is 0 Å². The minimum absolute atomic E-state index is 0.236. The van der Waals surface area contributed by atoms with Crippen LogP contribution in [0.15, 0.2) is 61.1 Å². The molecule has 1 aliphatic heterocycles. The van der Waals surface area contributed by atoms with E-state index in [2.05, 4.69) is 32.2 Å². The Balaban J connectivity index is 1.40. The Hall–Kier alpha value is -2.66. The summed E-state index contributed by atoms with van der Waals surface area (Å²) < 4.78 is 6.03. The maximum Gasteiger partial charge on any atom is 0.122 e. The minimum Gasteiger partial charge on any atom is -0.489 e. The van der Waals surface area contributed by atoms with Crippen molar-refractivity contribution in [3.05, 3.63) is 66.6 Å². The van der Waals surface area contributed by atoms with Crippen LogP contribution < -0.4 is 4.74 Å². The molecule has 0 saturated carbocycles. The quantitative estimate of drug-likeness (QED) is 0.785. The molecule has 0 unspecified atom stereocenters. The SMILES string of the molecule is c1ccc(-c2[nH]ncc2CN2CC[C@@H](Oc3ccncc3)C2)cc1. The van der Waals surface area contributed by atoms with Gasteiger partial charge in [-0.15, -0.1) is 0 Å². The highest BCUT2D eigenvalue weighted by atomic mass is 16.5. The van der Waals surface area contributed by atoms with Crippen molar-refractivity contribution >= 4 is 0 Å². The van der Waals surface area contributed by atoms with Crippen LogP contribution in [-0.4, -0.2) is 39.3 Å². The highest BCUT2D eigenvalue weighted by Crippen LogP contribution is 2.24. The van der Waals surface area contributed by atoms with Gasteiger partial charge in [-0.25, -0.2) is 0 Å². The summed E-state index contributed by atoms with van der Waals surface area (Å²) in [4.78, 5) is 6.44. The van der Waals surface area contributed by atoms with Crippen molar-refractivity contribution in [1.29, 1.82) is 0 Å². The largest absolute Gasteiger partial charge is 0.489 e. The summed E-state index contributed by atoms with van der Waals surface area (Å²) in [5, 5.41) is 7.37. The van der Waals surface area contributed by atoms with Crippen LogP contribution in [-0.2, 0) is 6.54 Å². The van der Waals surface area contributed by atoms with Gasteiger partial charge < -0.3 is 4.74 Å². The number of hydrogen-bond donors (Lipinski definition) is 1. The number of benzene rings is 1. The molecule has 1 N–H and O–H groups in total. The summed E-state index contributed by atoms with van der Waals surface area (Å²) in [6.07, 6.45) is 6.74. The third-order valence-electron chi connectivity index (χ3n) is 4.36. The van der Waals surface area contributed by atoms with Gasteiger partial charge in [0.2, 0.25) is 0 Å². The maximum atomic E-state index is 6.03. The topological polar surface area (TPSA) is 54.0 Å². The Kier molecular flexibility index (Phi) is 4.25. The molecule has 0 bridgehead atoms. The molecular formula is C19H20N4O. The molecule has 24 heavy (non-hydrogen) atoms. The number of ether oxygens (including phenoxy) is 1. The number of nitrogens with zero attached hydrogens (tertiary/aromatic N) is 3. The van der Waals surface area contributed by atoms with Gasteiger partial charge in [0, 0.05) is 37.6 Å². The van der Waals surface area contributed by atoms with Gasteiger partial charge in [-0.2, -0.15) is 5.10 Å². The molecule has 3 heterocycles. The van der Waals surface area contributed by atoms with Crippen LogP contribution in [0.5, 0.6) is 5.75 Å². The number of aromatic nitrogens is 3. The number of aromatic amines is 1. The average molecular weight is 320 g/mol. The van der Waals surface area contributed by atoms with Gasteiger partial charge >= 0.3 is 0 Å². The summed E-state index contributed by atoms with van der Waals surface area (Å²) in [5.41, 5.74) is 3.51. The van der Waals surface area contributed by atoms with Crippen molar-refractivity contribution in [2.75, 3.05) is 13.1 Å². The number of H-pyrrole nitrogens is 1. The minimum atomic E-state index is 0.236. The highest BCUT2D eigenvalue weighted by molar-refractivity contribution is 5.62. The predicted octanol–water partition coefficient (Wildman–Crippen LogP) is 3.13. The third-order valence-corrected chi connectivity index (χ3v) is 4.36. The fourth-order valence-corrected chi connectivity index (χ4v) is 3.17. The van der Waals surface area contributed by atoms with E-state index in [4.69, 9.17) is 4.74 Å². The molecule has 0 aliphatic carbocycles. The molecule has 5 nitrogen and oxygen atoms in total. The van der Waals surface area contributed by atoms with Gasteiger partial charge in [0.1, 0.15) is 11.9 Å². The third kappa shape index (κ3) is 3.31. The van der Waals surface area contributed by atoms with Crippen LogP contribution in [0.1, 0.15) is 12.0 Å². The molecule has 0 spiro atoms. The molecule has 1 aromatic carbocycles. The van der Waals surface area contributed by atoms with Crippen molar-refractivity contribution in [3.8, 4) is 17.0 Å². The lowest BCUT2D eigenvalue weighted by Gasteiger charge is -2.17. The zero-order chi connectivity index (χ0) is 16.2. The molecule has 1 atom stereocenters.